The molecule has 1 aromatic carbocycles. The van der Waals surface area contributed by atoms with E-state index in [2.05, 4.69) is 17.6 Å². The van der Waals surface area contributed by atoms with Crippen molar-refractivity contribution in [2.24, 2.45) is 11.8 Å². The molecule has 11 heteroatoms. The van der Waals surface area contributed by atoms with Crippen molar-refractivity contribution in [3.63, 3.8) is 0 Å². The lowest BCUT2D eigenvalue weighted by atomic mass is 9.80. The molecule has 7 nitrogen and oxygen atoms in total. The van der Waals surface area contributed by atoms with E-state index in [-0.39, 0.29) is 27.9 Å². The highest BCUT2D eigenvalue weighted by Crippen LogP contribution is 2.49. The van der Waals surface area contributed by atoms with Gasteiger partial charge in [-0.2, -0.15) is 13.2 Å². The molecule has 1 aromatic heterocycles. The van der Waals surface area contributed by atoms with E-state index >= 15 is 0 Å². The van der Waals surface area contributed by atoms with E-state index in [1.54, 1.807) is 12.1 Å². The zero-order chi connectivity index (χ0) is 29.5. The van der Waals surface area contributed by atoms with Crippen molar-refractivity contribution in [3.05, 3.63) is 40.0 Å². The van der Waals surface area contributed by atoms with Crippen molar-refractivity contribution in [1.29, 1.82) is 0 Å². The van der Waals surface area contributed by atoms with Crippen LogP contribution in [0.2, 0.25) is 0 Å². The third kappa shape index (κ3) is 6.76. The number of nitrogens with one attached hydrogen (secondary N) is 2. The fraction of sp³-hybridized carbons (Fsp3) is 0.600. The summed E-state index contributed by atoms with van der Waals surface area (Å²) in [5, 5.41) is 14.4. The zero-order valence-corrected chi connectivity index (χ0v) is 24.1. The van der Waals surface area contributed by atoms with E-state index in [0.29, 0.717) is 30.7 Å². The molecule has 1 heterocycles. The molecule has 2 aromatic rings. The van der Waals surface area contributed by atoms with E-state index in [1.165, 1.54) is 17.8 Å². The summed E-state index contributed by atoms with van der Waals surface area (Å²) >= 11 is 1.22. The first kappa shape index (κ1) is 29.5. The minimum atomic E-state index is -4.56. The summed E-state index contributed by atoms with van der Waals surface area (Å²) in [6.45, 7) is 2.99. The number of hydrogen-bond acceptors (Lipinski definition) is 5. The van der Waals surface area contributed by atoms with Gasteiger partial charge in [-0.1, -0.05) is 39.0 Å². The van der Waals surface area contributed by atoms with Crippen molar-refractivity contribution in [2.45, 2.75) is 102 Å². The topological polar surface area (TPSA) is 108 Å². The van der Waals surface area contributed by atoms with Gasteiger partial charge >= 0.3 is 12.1 Å². The van der Waals surface area contributed by atoms with Crippen LogP contribution in [0.5, 0.6) is 0 Å². The fourth-order valence-corrected chi connectivity index (χ4v) is 6.72. The number of carboxylic acids is 1. The van der Waals surface area contributed by atoms with Crippen LogP contribution < -0.4 is 10.6 Å². The van der Waals surface area contributed by atoms with E-state index in [1.807, 2.05) is 6.07 Å². The number of carbonyl (C=O) groups is 3. The van der Waals surface area contributed by atoms with Gasteiger partial charge in [-0.25, -0.2) is 4.98 Å². The highest BCUT2D eigenvalue weighted by atomic mass is 32.1. The number of benzene rings is 1. The standard InChI is InChI=1S/C30H36F3N3O4S/c1-16(30(31,32)33)34-25(37)19-11-18(12-21(13-19)29(2)8-9-29)24-23(10-17-6-4-3-5-7-17)36-27(41-24)26(38)35-22-14-20(15-22)28(39)40/h11-13,16-17,20,22H,3-10,14-15H2,1-2H3,(H,34,37)(H,35,38)(H,39,40)/t16-,20?,22?/m0/s1. The van der Waals surface area contributed by atoms with Crippen molar-refractivity contribution in [2.75, 3.05) is 0 Å². The normalized spacial score (nSPS) is 22.9. The van der Waals surface area contributed by atoms with Crippen LogP contribution in [0.15, 0.2) is 18.2 Å². The number of halogens is 3. The van der Waals surface area contributed by atoms with Crippen molar-refractivity contribution in [1.82, 2.24) is 15.6 Å². The number of aliphatic carboxylic acids is 1. The molecular formula is C30H36F3N3O4S. The van der Waals surface area contributed by atoms with Crippen LogP contribution in [-0.4, -0.2) is 46.1 Å². The first-order valence-corrected chi connectivity index (χ1v) is 15.2. The molecule has 3 N–H and O–H groups in total. The first-order valence-electron chi connectivity index (χ1n) is 14.4. The van der Waals surface area contributed by atoms with Gasteiger partial charge in [0.2, 0.25) is 0 Å². The smallest absolute Gasteiger partial charge is 0.408 e. The summed E-state index contributed by atoms with van der Waals surface area (Å²) in [4.78, 5) is 42.8. The number of rotatable bonds is 9. The van der Waals surface area contributed by atoms with Crippen LogP contribution >= 0.6 is 11.3 Å². The molecule has 0 aliphatic heterocycles. The minimum absolute atomic E-state index is 0.152. The van der Waals surface area contributed by atoms with Gasteiger partial charge in [0.1, 0.15) is 6.04 Å². The monoisotopic (exact) mass is 591 g/mol. The van der Waals surface area contributed by atoms with Crippen LogP contribution in [0.3, 0.4) is 0 Å². The van der Waals surface area contributed by atoms with Gasteiger partial charge in [0.25, 0.3) is 11.8 Å². The van der Waals surface area contributed by atoms with Gasteiger partial charge in [0, 0.05) is 11.6 Å². The van der Waals surface area contributed by atoms with Gasteiger partial charge in [0.05, 0.1) is 16.5 Å². The number of amides is 2. The second-order valence-corrected chi connectivity index (χ2v) is 13.3. The third-order valence-corrected chi connectivity index (χ3v) is 10.1. The Morgan fingerprint density at radius 3 is 2.39 bits per heavy atom. The maximum absolute atomic E-state index is 13.2. The highest BCUT2D eigenvalue weighted by molar-refractivity contribution is 7.17. The molecule has 0 unspecified atom stereocenters. The average molecular weight is 592 g/mol. The Morgan fingerprint density at radius 2 is 1.78 bits per heavy atom. The molecule has 5 rings (SSSR count). The van der Waals surface area contributed by atoms with Crippen molar-refractivity contribution in [3.8, 4) is 10.4 Å². The summed E-state index contributed by atoms with van der Waals surface area (Å²) in [5.74, 6) is -2.05. The summed E-state index contributed by atoms with van der Waals surface area (Å²) < 4.78 is 39.6. The van der Waals surface area contributed by atoms with Gasteiger partial charge in [-0.05, 0) is 79.7 Å². The van der Waals surface area contributed by atoms with Gasteiger partial charge in [-0.15, -0.1) is 11.3 Å². The third-order valence-electron chi connectivity index (χ3n) is 8.91. The predicted molar refractivity (Wildman–Crippen MR) is 149 cm³/mol. The lowest BCUT2D eigenvalue weighted by molar-refractivity contribution is -0.149. The Balaban J connectivity index is 1.47. The second-order valence-electron chi connectivity index (χ2n) is 12.3. The van der Waals surface area contributed by atoms with Crippen LogP contribution in [0, 0.1) is 11.8 Å². The number of aromatic nitrogens is 1. The quantitative estimate of drug-likeness (QED) is 0.319. The van der Waals surface area contributed by atoms with E-state index < -0.39 is 30.0 Å². The Labute approximate surface area is 241 Å². The fourth-order valence-electron chi connectivity index (χ4n) is 5.74. The molecule has 1 atom stereocenters. The minimum Gasteiger partial charge on any atom is -0.481 e. The van der Waals surface area contributed by atoms with Crippen LogP contribution in [-0.2, 0) is 16.6 Å². The zero-order valence-electron chi connectivity index (χ0n) is 23.3. The number of hydrogen-bond donors (Lipinski definition) is 3. The summed E-state index contributed by atoms with van der Waals surface area (Å²) in [5.41, 5.74) is 2.32. The first-order chi connectivity index (χ1) is 19.3. The molecule has 0 spiro atoms. The summed E-state index contributed by atoms with van der Waals surface area (Å²) in [7, 11) is 0. The lowest BCUT2D eigenvalue weighted by Gasteiger charge is -2.32. The van der Waals surface area contributed by atoms with Gasteiger partial charge in [-0.3, -0.25) is 14.4 Å². The van der Waals surface area contributed by atoms with Crippen LogP contribution in [0.25, 0.3) is 10.4 Å². The van der Waals surface area contributed by atoms with Gasteiger partial charge < -0.3 is 15.7 Å². The molecule has 2 amide bonds. The molecule has 222 valence electrons. The molecule has 3 aliphatic rings. The molecule has 3 aliphatic carbocycles. The predicted octanol–water partition coefficient (Wildman–Crippen LogP) is 6.26. The number of carboxylic acid groups (broad SMARTS) is 1. The molecule has 3 fully saturated rings. The average Bonchev–Trinajstić information content (AvgIpc) is 3.51. The largest absolute Gasteiger partial charge is 0.481 e. The summed E-state index contributed by atoms with van der Waals surface area (Å²) in [6, 6.07) is 3.06. The second kappa shape index (κ2) is 11.4. The maximum atomic E-state index is 13.2. The van der Waals surface area contributed by atoms with Gasteiger partial charge in [0.15, 0.2) is 5.01 Å². The Morgan fingerprint density at radius 1 is 1.10 bits per heavy atom. The summed E-state index contributed by atoms with van der Waals surface area (Å²) in [6.07, 6.45) is 4.32. The Kier molecular flexibility index (Phi) is 8.20. The van der Waals surface area contributed by atoms with E-state index in [9.17, 15) is 27.6 Å². The molecule has 0 saturated heterocycles. The van der Waals surface area contributed by atoms with Crippen LogP contribution in [0.4, 0.5) is 13.2 Å². The number of thiazole rings is 1. The van der Waals surface area contributed by atoms with Crippen LogP contribution in [0.1, 0.15) is 103 Å². The SMILES string of the molecule is C[C@H](NC(=O)c1cc(-c2sc(C(=O)NC3CC(C(=O)O)C3)nc2CC2CCCCC2)cc(C2(C)CC2)c1)C(F)(F)F. The van der Waals surface area contributed by atoms with E-state index in [4.69, 9.17) is 10.1 Å². The number of nitrogens with zero attached hydrogens (tertiary/aromatic N) is 1. The Hall–Kier alpha value is -2.95. The molecule has 0 bridgehead atoms. The molecule has 41 heavy (non-hydrogen) atoms. The Bertz CT molecular complexity index is 1320. The van der Waals surface area contributed by atoms with Crippen molar-refractivity contribution < 1.29 is 32.7 Å². The number of carbonyl (C=O) groups excluding carboxylic acids is 2. The maximum Gasteiger partial charge on any atom is 0.408 e. The number of alkyl halides is 3. The van der Waals surface area contributed by atoms with Crippen molar-refractivity contribution >= 4 is 29.1 Å². The highest BCUT2D eigenvalue weighted by Gasteiger charge is 2.41. The van der Waals surface area contributed by atoms with E-state index in [0.717, 1.165) is 61.6 Å². The molecule has 3 saturated carbocycles. The lowest BCUT2D eigenvalue weighted by Crippen LogP contribution is -2.46. The molecule has 0 radical (unpaired) electrons. The molecular weight excluding hydrogens is 555 g/mol.